The summed E-state index contributed by atoms with van der Waals surface area (Å²) in [5.41, 5.74) is -0.0699. The summed E-state index contributed by atoms with van der Waals surface area (Å²) in [6, 6.07) is 13.1. The average Bonchev–Trinajstić information content (AvgIpc) is 2.79. The van der Waals surface area contributed by atoms with Crippen LogP contribution in [-0.4, -0.2) is 41.8 Å². The molecule has 0 unspecified atom stereocenters. The Morgan fingerprint density at radius 3 is 2.48 bits per heavy atom. The monoisotopic (exact) mass is 424 g/mol. The Kier molecular flexibility index (Phi) is 5.94. The molecular formula is C22H21FN4O4. The lowest BCUT2D eigenvalue weighted by Gasteiger charge is -2.28. The van der Waals surface area contributed by atoms with Crippen molar-refractivity contribution in [2.24, 2.45) is 0 Å². The smallest absolute Gasteiger partial charge is 0.328 e. The van der Waals surface area contributed by atoms with E-state index in [9.17, 15) is 18.8 Å². The number of anilines is 2. The van der Waals surface area contributed by atoms with E-state index in [4.69, 9.17) is 4.74 Å². The third kappa shape index (κ3) is 4.56. The summed E-state index contributed by atoms with van der Waals surface area (Å²) in [5, 5.41) is 2.66. The van der Waals surface area contributed by atoms with Crippen LogP contribution in [-0.2, 0) is 11.3 Å². The molecule has 0 bridgehead atoms. The van der Waals surface area contributed by atoms with Crippen LogP contribution in [0.15, 0.2) is 64.3 Å². The fraction of sp³-hybridized carbons (Fsp3) is 0.227. The number of halogens is 1. The average molecular weight is 424 g/mol. The number of carbonyl (C=O) groups excluding carboxylic acids is 1. The van der Waals surface area contributed by atoms with Gasteiger partial charge in [-0.15, -0.1) is 0 Å². The third-order valence-corrected chi connectivity index (χ3v) is 5.09. The first-order valence-corrected chi connectivity index (χ1v) is 9.83. The van der Waals surface area contributed by atoms with Crippen molar-refractivity contribution >= 4 is 17.3 Å². The lowest BCUT2D eigenvalue weighted by Crippen LogP contribution is -2.39. The van der Waals surface area contributed by atoms with Crippen LogP contribution in [0.25, 0.3) is 0 Å². The summed E-state index contributed by atoms with van der Waals surface area (Å²) in [6.45, 7) is 2.65. The summed E-state index contributed by atoms with van der Waals surface area (Å²) in [4.78, 5) is 42.1. The maximum absolute atomic E-state index is 13.9. The first-order valence-electron chi connectivity index (χ1n) is 9.83. The maximum Gasteiger partial charge on any atom is 0.328 e. The summed E-state index contributed by atoms with van der Waals surface area (Å²) >= 11 is 0. The van der Waals surface area contributed by atoms with Gasteiger partial charge < -0.3 is 19.9 Å². The van der Waals surface area contributed by atoms with Crippen molar-refractivity contribution in [1.29, 1.82) is 0 Å². The van der Waals surface area contributed by atoms with Gasteiger partial charge in [0.25, 0.3) is 11.5 Å². The summed E-state index contributed by atoms with van der Waals surface area (Å²) < 4.78 is 20.1. The number of rotatable bonds is 5. The second-order valence-corrected chi connectivity index (χ2v) is 7.09. The number of nitrogens with one attached hydrogen (secondary N) is 2. The fourth-order valence-corrected chi connectivity index (χ4v) is 3.39. The molecule has 4 rings (SSSR count). The van der Waals surface area contributed by atoms with E-state index in [1.807, 2.05) is 12.1 Å². The van der Waals surface area contributed by atoms with Crippen LogP contribution in [0.4, 0.5) is 15.8 Å². The van der Waals surface area contributed by atoms with Crippen LogP contribution in [0.1, 0.15) is 15.9 Å². The van der Waals surface area contributed by atoms with Crippen molar-refractivity contribution in [3.05, 3.63) is 92.5 Å². The van der Waals surface area contributed by atoms with Crippen molar-refractivity contribution in [1.82, 2.24) is 9.55 Å². The summed E-state index contributed by atoms with van der Waals surface area (Å²) in [5.74, 6) is -1.20. The molecule has 0 saturated carbocycles. The Bertz CT molecular complexity index is 1200. The number of amides is 1. The van der Waals surface area contributed by atoms with Crippen LogP contribution >= 0.6 is 0 Å². The molecule has 0 spiro atoms. The van der Waals surface area contributed by atoms with Crippen molar-refractivity contribution in [3.63, 3.8) is 0 Å². The Labute approximate surface area is 176 Å². The van der Waals surface area contributed by atoms with E-state index >= 15 is 0 Å². The van der Waals surface area contributed by atoms with E-state index in [0.29, 0.717) is 18.9 Å². The molecule has 1 aromatic heterocycles. The Hall–Kier alpha value is -3.72. The molecule has 8 nitrogen and oxygen atoms in total. The molecule has 2 heterocycles. The normalized spacial score (nSPS) is 13.8. The van der Waals surface area contributed by atoms with Crippen LogP contribution in [0.2, 0.25) is 0 Å². The predicted octanol–water partition coefficient (Wildman–Crippen LogP) is 1.81. The summed E-state index contributed by atoms with van der Waals surface area (Å²) in [6.07, 6.45) is 1.07. The minimum atomic E-state index is -0.797. The van der Waals surface area contributed by atoms with E-state index in [2.05, 4.69) is 15.2 Å². The highest BCUT2D eigenvalue weighted by Gasteiger charge is 2.17. The van der Waals surface area contributed by atoms with Crippen LogP contribution in [0.3, 0.4) is 0 Å². The molecule has 0 aliphatic carbocycles. The largest absolute Gasteiger partial charge is 0.378 e. The minimum Gasteiger partial charge on any atom is -0.378 e. The van der Waals surface area contributed by atoms with Crippen molar-refractivity contribution in [2.45, 2.75) is 6.54 Å². The summed E-state index contributed by atoms with van der Waals surface area (Å²) in [7, 11) is 0. The van der Waals surface area contributed by atoms with Crippen LogP contribution in [0, 0.1) is 5.82 Å². The molecule has 1 aliphatic rings. The molecule has 1 fully saturated rings. The standard InChI is InChI=1S/C22H21FN4O4/c23-19-4-2-1-3-15(19)14-27-21(29)18(13-24-22(27)30)20(28)25-16-5-7-17(8-6-16)26-9-11-31-12-10-26/h1-8,13H,9-12,14H2,(H,24,30)(H,25,28). The van der Waals surface area contributed by atoms with Gasteiger partial charge in [0.05, 0.1) is 19.8 Å². The van der Waals surface area contributed by atoms with Crippen LogP contribution in [0.5, 0.6) is 0 Å². The quantitative estimate of drug-likeness (QED) is 0.651. The Morgan fingerprint density at radius 2 is 1.77 bits per heavy atom. The second kappa shape index (κ2) is 8.97. The molecule has 2 aromatic carbocycles. The predicted molar refractivity (Wildman–Crippen MR) is 114 cm³/mol. The zero-order chi connectivity index (χ0) is 21.8. The molecular weight excluding hydrogens is 403 g/mol. The number of ether oxygens (including phenoxy) is 1. The number of H-pyrrole nitrogens is 1. The number of carbonyl (C=O) groups is 1. The zero-order valence-electron chi connectivity index (χ0n) is 16.6. The molecule has 31 heavy (non-hydrogen) atoms. The van der Waals surface area contributed by atoms with Gasteiger partial charge in [0.1, 0.15) is 11.4 Å². The Balaban J connectivity index is 1.53. The van der Waals surface area contributed by atoms with Gasteiger partial charge in [0.15, 0.2) is 0 Å². The molecule has 2 N–H and O–H groups in total. The SMILES string of the molecule is O=C(Nc1ccc(N2CCOCC2)cc1)c1c[nH]c(=O)n(Cc2ccccc2F)c1=O. The van der Waals surface area contributed by atoms with Gasteiger partial charge in [-0.05, 0) is 30.3 Å². The highest BCUT2D eigenvalue weighted by molar-refractivity contribution is 6.03. The zero-order valence-corrected chi connectivity index (χ0v) is 16.6. The van der Waals surface area contributed by atoms with E-state index in [0.717, 1.165) is 29.5 Å². The number of hydrogen-bond donors (Lipinski definition) is 2. The van der Waals surface area contributed by atoms with Gasteiger partial charge in [-0.3, -0.25) is 14.2 Å². The van der Waals surface area contributed by atoms with Crippen LogP contribution < -0.4 is 21.5 Å². The number of morpholine rings is 1. The van der Waals surface area contributed by atoms with Gasteiger partial charge in [-0.2, -0.15) is 0 Å². The van der Waals surface area contributed by atoms with Gasteiger partial charge >= 0.3 is 5.69 Å². The van der Waals surface area contributed by atoms with Gasteiger partial charge in [-0.1, -0.05) is 18.2 Å². The second-order valence-electron chi connectivity index (χ2n) is 7.09. The number of benzene rings is 2. The minimum absolute atomic E-state index is 0.173. The van der Waals surface area contributed by atoms with E-state index < -0.39 is 23.0 Å². The number of nitrogens with zero attached hydrogens (tertiary/aromatic N) is 2. The molecule has 1 amide bonds. The molecule has 9 heteroatoms. The molecule has 0 radical (unpaired) electrons. The molecule has 1 saturated heterocycles. The maximum atomic E-state index is 13.9. The van der Waals surface area contributed by atoms with Crippen molar-refractivity contribution in [2.75, 3.05) is 36.5 Å². The highest BCUT2D eigenvalue weighted by Crippen LogP contribution is 2.19. The number of hydrogen-bond acceptors (Lipinski definition) is 5. The van der Waals surface area contributed by atoms with Crippen molar-refractivity contribution < 1.29 is 13.9 Å². The first kappa shape index (κ1) is 20.5. The highest BCUT2D eigenvalue weighted by atomic mass is 19.1. The number of aromatic nitrogens is 2. The van der Waals surface area contributed by atoms with E-state index in [1.54, 1.807) is 18.2 Å². The molecule has 0 atom stereocenters. The lowest BCUT2D eigenvalue weighted by molar-refractivity contribution is 0.102. The number of aromatic amines is 1. The first-order chi connectivity index (χ1) is 15.0. The molecule has 1 aliphatic heterocycles. The van der Waals surface area contributed by atoms with E-state index in [-0.39, 0.29) is 17.7 Å². The Morgan fingerprint density at radius 1 is 1.06 bits per heavy atom. The van der Waals surface area contributed by atoms with Crippen molar-refractivity contribution in [3.8, 4) is 0 Å². The fourth-order valence-electron chi connectivity index (χ4n) is 3.39. The van der Waals surface area contributed by atoms with Gasteiger partial charge in [0, 0.05) is 36.2 Å². The topological polar surface area (TPSA) is 96.4 Å². The third-order valence-electron chi connectivity index (χ3n) is 5.09. The van der Waals surface area contributed by atoms with E-state index in [1.165, 1.54) is 18.2 Å². The molecule has 160 valence electrons. The molecule has 3 aromatic rings. The van der Waals surface area contributed by atoms with Gasteiger partial charge in [-0.25, -0.2) is 9.18 Å². The van der Waals surface area contributed by atoms with Gasteiger partial charge in [0.2, 0.25) is 0 Å². The lowest BCUT2D eigenvalue weighted by atomic mass is 10.2.